The van der Waals surface area contributed by atoms with Crippen molar-refractivity contribution in [1.29, 1.82) is 0 Å². The molecule has 0 unspecified atom stereocenters. The van der Waals surface area contributed by atoms with Crippen LogP contribution in [0.4, 0.5) is 10.1 Å². The predicted octanol–water partition coefficient (Wildman–Crippen LogP) is 3.08. The van der Waals surface area contributed by atoms with Gasteiger partial charge in [0.15, 0.2) is 5.82 Å². The fourth-order valence-corrected chi connectivity index (χ4v) is 2.22. The number of halogens is 2. The maximum absolute atomic E-state index is 13.9. The lowest BCUT2D eigenvalue weighted by molar-refractivity contribution is 0.101. The van der Waals surface area contributed by atoms with Crippen LogP contribution in [-0.2, 0) is 6.54 Å². The Balaban J connectivity index is 1.73. The van der Waals surface area contributed by atoms with E-state index in [2.05, 4.69) is 15.4 Å². The number of aromatic hydroxyl groups is 1. The molecule has 0 atom stereocenters. The van der Waals surface area contributed by atoms with Crippen LogP contribution in [0.3, 0.4) is 0 Å². The van der Waals surface area contributed by atoms with Crippen molar-refractivity contribution in [3.8, 4) is 5.75 Å². The summed E-state index contributed by atoms with van der Waals surface area (Å²) in [6, 6.07) is 11.9. The van der Waals surface area contributed by atoms with E-state index in [0.29, 0.717) is 6.54 Å². The molecule has 1 amide bonds. The summed E-state index contributed by atoms with van der Waals surface area (Å²) >= 11 is 5.60. The third kappa shape index (κ3) is 3.36. The first-order valence-electron chi connectivity index (χ1n) is 6.96. The molecule has 0 aliphatic carbocycles. The van der Waals surface area contributed by atoms with Gasteiger partial charge in [-0.25, -0.2) is 14.1 Å². The Morgan fingerprint density at radius 1 is 1.25 bits per heavy atom. The van der Waals surface area contributed by atoms with Gasteiger partial charge in [-0.3, -0.25) is 4.79 Å². The lowest BCUT2D eigenvalue weighted by Crippen LogP contribution is -2.15. The maximum Gasteiger partial charge on any atom is 0.295 e. The van der Waals surface area contributed by atoms with Crippen LogP contribution in [0.2, 0.25) is 5.02 Å². The van der Waals surface area contributed by atoms with Crippen LogP contribution in [0.25, 0.3) is 0 Å². The molecular weight excluding hydrogens is 335 g/mol. The van der Waals surface area contributed by atoms with E-state index in [-0.39, 0.29) is 11.5 Å². The van der Waals surface area contributed by atoms with Gasteiger partial charge in [-0.05, 0) is 17.7 Å². The summed E-state index contributed by atoms with van der Waals surface area (Å²) < 4.78 is 15.4. The molecule has 2 aromatic carbocycles. The van der Waals surface area contributed by atoms with E-state index < -0.39 is 22.5 Å². The Kier molecular flexibility index (Phi) is 4.43. The zero-order chi connectivity index (χ0) is 17.1. The highest BCUT2D eigenvalue weighted by molar-refractivity contribution is 6.32. The molecule has 8 heteroatoms. The molecule has 1 aromatic heterocycles. The molecule has 3 aromatic rings. The van der Waals surface area contributed by atoms with Gasteiger partial charge in [0.05, 0.1) is 12.2 Å². The molecule has 0 aliphatic heterocycles. The number of benzene rings is 2. The van der Waals surface area contributed by atoms with Gasteiger partial charge >= 0.3 is 0 Å². The zero-order valence-corrected chi connectivity index (χ0v) is 13.0. The van der Waals surface area contributed by atoms with Gasteiger partial charge in [0.1, 0.15) is 17.1 Å². The molecule has 0 saturated heterocycles. The molecule has 0 saturated carbocycles. The van der Waals surface area contributed by atoms with Crippen LogP contribution < -0.4 is 5.32 Å². The second-order valence-electron chi connectivity index (χ2n) is 4.97. The van der Waals surface area contributed by atoms with Crippen molar-refractivity contribution >= 4 is 23.2 Å². The minimum atomic E-state index is -0.922. The van der Waals surface area contributed by atoms with Crippen LogP contribution in [0.5, 0.6) is 5.75 Å². The molecule has 1 heterocycles. The van der Waals surface area contributed by atoms with Crippen molar-refractivity contribution in [2.24, 2.45) is 0 Å². The third-order valence-corrected chi connectivity index (χ3v) is 3.60. The Morgan fingerprint density at radius 3 is 2.75 bits per heavy atom. The van der Waals surface area contributed by atoms with Crippen molar-refractivity contribution in [3.05, 3.63) is 71.0 Å². The number of phenolic OH excluding ortho intramolecular Hbond substituents is 1. The molecular formula is C16H12ClFN4O2. The normalized spacial score (nSPS) is 10.6. The number of amides is 1. The number of nitrogens with one attached hydrogen (secondary N) is 1. The molecule has 0 aliphatic rings. The largest absolute Gasteiger partial charge is 0.506 e. The lowest BCUT2D eigenvalue weighted by Gasteiger charge is -2.06. The monoisotopic (exact) mass is 346 g/mol. The summed E-state index contributed by atoms with van der Waals surface area (Å²) in [5.74, 6) is -2.11. The maximum atomic E-state index is 13.9. The predicted molar refractivity (Wildman–Crippen MR) is 86.6 cm³/mol. The van der Waals surface area contributed by atoms with E-state index >= 15 is 0 Å². The third-order valence-electron chi connectivity index (χ3n) is 3.24. The van der Waals surface area contributed by atoms with E-state index in [4.69, 9.17) is 11.6 Å². The molecule has 0 bridgehead atoms. The van der Waals surface area contributed by atoms with Crippen molar-refractivity contribution in [3.63, 3.8) is 0 Å². The quantitative estimate of drug-likeness (QED) is 0.711. The first-order valence-corrected chi connectivity index (χ1v) is 7.34. The highest BCUT2D eigenvalue weighted by Gasteiger charge is 2.17. The Bertz CT molecular complexity index is 883. The van der Waals surface area contributed by atoms with E-state index in [1.165, 1.54) is 23.1 Å². The number of rotatable bonds is 4. The highest BCUT2D eigenvalue weighted by Crippen LogP contribution is 2.30. The van der Waals surface area contributed by atoms with Crippen LogP contribution in [0.15, 0.2) is 48.8 Å². The number of hydrogen-bond donors (Lipinski definition) is 2. The summed E-state index contributed by atoms with van der Waals surface area (Å²) in [6.07, 6.45) is 1.42. The van der Waals surface area contributed by atoms with Crippen molar-refractivity contribution < 1.29 is 14.3 Å². The standard InChI is InChI=1S/C16H12ClFN4O2/c17-13-12(23)7-6-11(14(13)18)20-16(24)15-19-9-22(21-15)8-10-4-2-1-3-5-10/h1-7,9,23H,8H2,(H,20,24). The number of anilines is 1. The topological polar surface area (TPSA) is 80.0 Å². The fraction of sp³-hybridized carbons (Fsp3) is 0.0625. The highest BCUT2D eigenvalue weighted by atomic mass is 35.5. The first-order chi connectivity index (χ1) is 11.5. The number of aromatic nitrogens is 3. The lowest BCUT2D eigenvalue weighted by atomic mass is 10.2. The van der Waals surface area contributed by atoms with E-state index in [9.17, 15) is 14.3 Å². The van der Waals surface area contributed by atoms with Crippen LogP contribution in [0.1, 0.15) is 16.2 Å². The summed E-state index contributed by atoms with van der Waals surface area (Å²) in [4.78, 5) is 16.0. The second-order valence-corrected chi connectivity index (χ2v) is 5.34. The van der Waals surface area contributed by atoms with Crippen molar-refractivity contribution in [1.82, 2.24) is 14.8 Å². The van der Waals surface area contributed by atoms with Crippen LogP contribution in [0, 0.1) is 5.82 Å². The van der Waals surface area contributed by atoms with Gasteiger partial charge < -0.3 is 10.4 Å². The average molecular weight is 347 g/mol. The average Bonchev–Trinajstić information content (AvgIpc) is 3.05. The molecule has 6 nitrogen and oxygen atoms in total. The van der Waals surface area contributed by atoms with E-state index in [1.807, 2.05) is 30.3 Å². The van der Waals surface area contributed by atoms with E-state index in [1.54, 1.807) is 0 Å². The van der Waals surface area contributed by atoms with Gasteiger partial charge in [0.2, 0.25) is 5.82 Å². The first kappa shape index (κ1) is 15.9. The number of carbonyl (C=O) groups is 1. The second kappa shape index (κ2) is 6.67. The van der Waals surface area contributed by atoms with Gasteiger partial charge in [-0.1, -0.05) is 41.9 Å². The smallest absolute Gasteiger partial charge is 0.295 e. The molecule has 3 rings (SSSR count). The van der Waals surface area contributed by atoms with Crippen molar-refractivity contribution in [2.45, 2.75) is 6.54 Å². The molecule has 24 heavy (non-hydrogen) atoms. The Hall–Kier alpha value is -2.93. The van der Waals surface area contributed by atoms with E-state index in [0.717, 1.165) is 5.56 Å². The molecule has 0 radical (unpaired) electrons. The Labute approximate surface area is 141 Å². The number of carbonyl (C=O) groups excluding carboxylic acids is 1. The van der Waals surface area contributed by atoms with Crippen LogP contribution in [-0.4, -0.2) is 25.8 Å². The summed E-state index contributed by atoms with van der Waals surface area (Å²) in [6.45, 7) is 0.459. The van der Waals surface area contributed by atoms with Crippen molar-refractivity contribution in [2.75, 3.05) is 5.32 Å². The SMILES string of the molecule is O=C(Nc1ccc(O)c(Cl)c1F)c1ncn(Cc2ccccc2)n1. The molecule has 2 N–H and O–H groups in total. The van der Waals surface area contributed by atoms with Gasteiger partial charge in [0, 0.05) is 0 Å². The number of phenols is 1. The molecule has 0 fully saturated rings. The molecule has 122 valence electrons. The minimum absolute atomic E-state index is 0.102. The number of nitrogens with zero attached hydrogens (tertiary/aromatic N) is 3. The summed E-state index contributed by atoms with van der Waals surface area (Å²) in [7, 11) is 0. The van der Waals surface area contributed by atoms with Gasteiger partial charge in [0.25, 0.3) is 5.91 Å². The number of hydrogen-bond acceptors (Lipinski definition) is 4. The summed E-state index contributed by atoms with van der Waals surface area (Å²) in [5.41, 5.74) is 0.841. The van der Waals surface area contributed by atoms with Crippen LogP contribution >= 0.6 is 11.6 Å². The Morgan fingerprint density at radius 2 is 2.00 bits per heavy atom. The molecule has 0 spiro atoms. The minimum Gasteiger partial charge on any atom is -0.506 e. The van der Waals surface area contributed by atoms with Gasteiger partial charge in [-0.2, -0.15) is 0 Å². The zero-order valence-electron chi connectivity index (χ0n) is 12.3. The van der Waals surface area contributed by atoms with Gasteiger partial charge in [-0.15, -0.1) is 5.10 Å². The fourth-order valence-electron chi connectivity index (χ4n) is 2.06. The summed E-state index contributed by atoms with van der Waals surface area (Å²) in [5, 5.41) is 15.2.